The molecule has 0 atom stereocenters. The fraction of sp³-hybridized carbons (Fsp3) is 0.0588. The summed E-state index contributed by atoms with van der Waals surface area (Å²) in [6.07, 6.45) is 1.95. The molecule has 0 fully saturated rings. The van der Waals surface area contributed by atoms with Gasteiger partial charge in [-0.2, -0.15) is 0 Å². The van der Waals surface area contributed by atoms with E-state index in [0.29, 0.717) is 5.39 Å². The molecule has 0 aliphatic heterocycles. The molecule has 0 saturated carbocycles. The molecule has 0 unspecified atom stereocenters. The van der Waals surface area contributed by atoms with Gasteiger partial charge in [-0.25, -0.2) is 0 Å². The molecule has 5 heteroatoms. The molecule has 110 valence electrons. The highest BCUT2D eigenvalue weighted by atomic mass is 16.6. The van der Waals surface area contributed by atoms with Crippen molar-refractivity contribution in [2.45, 2.75) is 6.92 Å². The molecule has 2 heterocycles. The van der Waals surface area contributed by atoms with Gasteiger partial charge in [0, 0.05) is 23.5 Å². The Morgan fingerprint density at radius 1 is 1.00 bits per heavy atom. The Bertz CT molecular complexity index is 907. The second-order valence-corrected chi connectivity index (χ2v) is 5.01. The van der Waals surface area contributed by atoms with E-state index < -0.39 is 0 Å². The number of nitro groups is 1. The number of aromatic nitrogens is 2. The minimum absolute atomic E-state index is 0.154. The van der Waals surface area contributed by atoms with Crippen LogP contribution in [0.25, 0.3) is 21.8 Å². The molecule has 4 rings (SSSR count). The molecular formula is C17H15N3O2. The van der Waals surface area contributed by atoms with Crippen LogP contribution in [0.5, 0.6) is 0 Å². The molecule has 0 aliphatic rings. The van der Waals surface area contributed by atoms with Crippen LogP contribution in [-0.2, 0) is 0 Å². The van der Waals surface area contributed by atoms with Gasteiger partial charge in [0.1, 0.15) is 0 Å². The van der Waals surface area contributed by atoms with E-state index in [1.165, 1.54) is 17.0 Å². The van der Waals surface area contributed by atoms with Crippen molar-refractivity contribution >= 4 is 27.5 Å². The van der Waals surface area contributed by atoms with Crippen LogP contribution in [0.2, 0.25) is 0 Å². The van der Waals surface area contributed by atoms with Gasteiger partial charge in [-0.05, 0) is 36.6 Å². The zero-order valence-electron chi connectivity index (χ0n) is 12.0. The van der Waals surface area contributed by atoms with Crippen molar-refractivity contribution < 1.29 is 4.92 Å². The zero-order chi connectivity index (χ0) is 15.5. The van der Waals surface area contributed by atoms with Crippen molar-refractivity contribution in [3.8, 4) is 0 Å². The number of non-ortho nitro benzene ring substituents is 1. The standard InChI is InChI=1S/C9H8N2O2.C8H7N/c1-6-5-7-8(10-6)3-2-4-9(7)11(12)13;1-2-4-8-7(3-1)5-6-9-8/h2-5,10H,1H3;1-6,9H. The van der Waals surface area contributed by atoms with Crippen LogP contribution in [0.15, 0.2) is 60.8 Å². The SMILES string of the molecule is Cc1cc2c([N+](=O)[O-])cccc2[nH]1.c1ccc2[nH]ccc2c1. The minimum Gasteiger partial charge on any atom is -0.361 e. The lowest BCUT2D eigenvalue weighted by atomic mass is 10.2. The van der Waals surface area contributed by atoms with E-state index >= 15 is 0 Å². The number of hydrogen-bond acceptors (Lipinski definition) is 2. The van der Waals surface area contributed by atoms with Crippen LogP contribution < -0.4 is 0 Å². The van der Waals surface area contributed by atoms with E-state index in [0.717, 1.165) is 11.2 Å². The fourth-order valence-electron chi connectivity index (χ4n) is 2.43. The predicted octanol–water partition coefficient (Wildman–Crippen LogP) is 4.55. The monoisotopic (exact) mass is 293 g/mol. The van der Waals surface area contributed by atoms with Crippen LogP contribution in [-0.4, -0.2) is 14.9 Å². The molecule has 0 amide bonds. The maximum absolute atomic E-state index is 10.6. The smallest absolute Gasteiger partial charge is 0.278 e. The van der Waals surface area contributed by atoms with Gasteiger partial charge in [-0.1, -0.05) is 24.3 Å². The normalized spacial score (nSPS) is 10.4. The highest BCUT2D eigenvalue weighted by Crippen LogP contribution is 2.25. The second kappa shape index (κ2) is 5.73. The maximum Gasteiger partial charge on any atom is 0.278 e. The molecule has 0 spiro atoms. The number of nitro benzene ring substituents is 1. The van der Waals surface area contributed by atoms with Crippen LogP contribution >= 0.6 is 0 Å². The molecule has 2 aromatic carbocycles. The highest BCUT2D eigenvalue weighted by Gasteiger charge is 2.11. The van der Waals surface area contributed by atoms with Gasteiger partial charge >= 0.3 is 0 Å². The summed E-state index contributed by atoms with van der Waals surface area (Å²) in [4.78, 5) is 16.4. The third-order valence-corrected chi connectivity index (χ3v) is 3.44. The molecule has 22 heavy (non-hydrogen) atoms. The lowest BCUT2D eigenvalue weighted by Gasteiger charge is -1.91. The second-order valence-electron chi connectivity index (χ2n) is 5.01. The zero-order valence-corrected chi connectivity index (χ0v) is 12.0. The highest BCUT2D eigenvalue weighted by molar-refractivity contribution is 5.89. The molecule has 0 aliphatic carbocycles. The first kappa shape index (κ1) is 13.9. The van der Waals surface area contributed by atoms with E-state index in [9.17, 15) is 10.1 Å². The Morgan fingerprint density at radius 3 is 2.55 bits per heavy atom. The summed E-state index contributed by atoms with van der Waals surface area (Å²) in [5.74, 6) is 0. The minimum atomic E-state index is -0.365. The van der Waals surface area contributed by atoms with Crippen molar-refractivity contribution in [1.29, 1.82) is 0 Å². The van der Waals surface area contributed by atoms with Crippen LogP contribution in [0.4, 0.5) is 5.69 Å². The van der Waals surface area contributed by atoms with Crippen LogP contribution in [0.1, 0.15) is 5.69 Å². The van der Waals surface area contributed by atoms with E-state index in [1.54, 1.807) is 12.1 Å². The number of nitrogens with zero attached hydrogens (tertiary/aromatic N) is 1. The summed E-state index contributed by atoms with van der Waals surface area (Å²) in [5.41, 5.74) is 3.11. The van der Waals surface area contributed by atoms with Crippen LogP contribution in [0.3, 0.4) is 0 Å². The van der Waals surface area contributed by atoms with Gasteiger partial charge in [0.2, 0.25) is 0 Å². The van der Waals surface area contributed by atoms with E-state index in [-0.39, 0.29) is 10.6 Å². The summed E-state index contributed by atoms with van der Waals surface area (Å²) in [6.45, 7) is 1.88. The first-order valence-electron chi connectivity index (χ1n) is 6.90. The number of nitrogens with one attached hydrogen (secondary N) is 2. The van der Waals surface area contributed by atoms with Crippen molar-refractivity contribution in [3.63, 3.8) is 0 Å². The molecule has 0 bridgehead atoms. The topological polar surface area (TPSA) is 74.7 Å². The summed E-state index contributed by atoms with van der Waals surface area (Å²) in [6, 6.07) is 17.1. The first-order valence-corrected chi connectivity index (χ1v) is 6.90. The predicted molar refractivity (Wildman–Crippen MR) is 88.0 cm³/mol. The molecule has 5 nitrogen and oxygen atoms in total. The van der Waals surface area contributed by atoms with Gasteiger partial charge in [-0.3, -0.25) is 10.1 Å². The Hall–Kier alpha value is -3.08. The average Bonchev–Trinajstić information content (AvgIpc) is 3.11. The van der Waals surface area contributed by atoms with Crippen molar-refractivity contribution in [2.75, 3.05) is 0 Å². The Balaban J connectivity index is 0.000000139. The number of rotatable bonds is 1. The summed E-state index contributed by atoms with van der Waals surface area (Å²) in [7, 11) is 0. The average molecular weight is 293 g/mol. The number of aryl methyl sites for hydroxylation is 1. The third-order valence-electron chi connectivity index (χ3n) is 3.44. The van der Waals surface area contributed by atoms with Gasteiger partial charge in [0.25, 0.3) is 5.69 Å². The number of fused-ring (bicyclic) bond motifs is 2. The van der Waals surface area contributed by atoms with Crippen molar-refractivity contribution in [3.05, 3.63) is 76.6 Å². The number of H-pyrrole nitrogens is 2. The summed E-state index contributed by atoms with van der Waals surface area (Å²) in [5, 5.41) is 12.6. The number of benzene rings is 2. The Labute approximate surface area is 126 Å². The van der Waals surface area contributed by atoms with Gasteiger partial charge in [0.15, 0.2) is 0 Å². The summed E-state index contributed by atoms with van der Waals surface area (Å²) >= 11 is 0. The summed E-state index contributed by atoms with van der Waals surface area (Å²) < 4.78 is 0. The molecule has 2 N–H and O–H groups in total. The first-order chi connectivity index (χ1) is 10.6. The quantitative estimate of drug-likeness (QED) is 0.399. The lowest BCUT2D eigenvalue weighted by Crippen LogP contribution is -1.87. The van der Waals surface area contributed by atoms with E-state index in [4.69, 9.17) is 0 Å². The van der Waals surface area contributed by atoms with Gasteiger partial charge in [-0.15, -0.1) is 0 Å². The van der Waals surface area contributed by atoms with Gasteiger partial charge in [0.05, 0.1) is 15.8 Å². The third kappa shape index (κ3) is 2.69. The largest absolute Gasteiger partial charge is 0.361 e. The number of aromatic amines is 2. The van der Waals surface area contributed by atoms with Crippen LogP contribution in [0, 0.1) is 17.0 Å². The molecule has 0 saturated heterocycles. The Morgan fingerprint density at radius 2 is 1.77 bits per heavy atom. The number of hydrogen-bond donors (Lipinski definition) is 2. The maximum atomic E-state index is 10.6. The van der Waals surface area contributed by atoms with Crippen molar-refractivity contribution in [2.24, 2.45) is 0 Å². The van der Waals surface area contributed by atoms with E-state index in [1.807, 2.05) is 31.3 Å². The van der Waals surface area contributed by atoms with Crippen molar-refractivity contribution in [1.82, 2.24) is 9.97 Å². The van der Waals surface area contributed by atoms with Gasteiger partial charge < -0.3 is 9.97 Å². The molecule has 2 aromatic heterocycles. The molecule has 4 aromatic rings. The molecule has 0 radical (unpaired) electrons. The van der Waals surface area contributed by atoms with E-state index in [2.05, 4.69) is 28.2 Å². The number of para-hydroxylation sites is 1. The lowest BCUT2D eigenvalue weighted by molar-refractivity contribution is -0.383. The Kier molecular flexibility index (Phi) is 3.62. The molecular weight excluding hydrogens is 278 g/mol. The fourth-order valence-corrected chi connectivity index (χ4v) is 2.43.